The first-order valence-electron chi connectivity index (χ1n) is 8.29. The van der Waals surface area contributed by atoms with Crippen LogP contribution in [0.4, 0.5) is 0 Å². The molecule has 0 radical (unpaired) electrons. The number of carbonyl (C=O) groups excluding carboxylic acids is 1. The first kappa shape index (κ1) is 16.1. The molecule has 2 fully saturated rings. The van der Waals surface area contributed by atoms with E-state index in [0.29, 0.717) is 35.2 Å². The number of nitrogens with one attached hydrogen (secondary N) is 1. The molecule has 2 unspecified atom stereocenters. The molecule has 0 aromatic heterocycles. The van der Waals surface area contributed by atoms with Crippen LogP contribution in [0.25, 0.3) is 0 Å². The van der Waals surface area contributed by atoms with Gasteiger partial charge in [-0.2, -0.15) is 0 Å². The smallest absolute Gasteiger partial charge is 0.254 e. The molecule has 0 saturated carbocycles. The van der Waals surface area contributed by atoms with Gasteiger partial charge in [0, 0.05) is 36.3 Å². The highest BCUT2D eigenvalue weighted by molar-refractivity contribution is 5.95. The number of fused-ring (bicyclic) bond motifs is 2. The molecule has 126 valence electrons. The second-order valence-corrected chi connectivity index (χ2v) is 6.68. The SMILES string of the molecule is COc1cc(C(=O)N(C)C2CC3CCC(C2)N3)cc(OC)c1C. The van der Waals surface area contributed by atoms with Crippen LogP contribution in [0.1, 0.15) is 41.6 Å². The summed E-state index contributed by atoms with van der Waals surface area (Å²) in [6.07, 6.45) is 4.54. The Bertz CT molecular complexity index is 565. The lowest BCUT2D eigenvalue weighted by Gasteiger charge is -2.35. The lowest BCUT2D eigenvalue weighted by atomic mass is 9.97. The van der Waals surface area contributed by atoms with Crippen molar-refractivity contribution in [1.82, 2.24) is 10.2 Å². The van der Waals surface area contributed by atoms with Gasteiger partial charge in [-0.3, -0.25) is 4.79 Å². The quantitative estimate of drug-likeness (QED) is 0.926. The van der Waals surface area contributed by atoms with Gasteiger partial charge < -0.3 is 19.7 Å². The van der Waals surface area contributed by atoms with Crippen LogP contribution < -0.4 is 14.8 Å². The summed E-state index contributed by atoms with van der Waals surface area (Å²) in [7, 11) is 5.14. The number of methoxy groups -OCH3 is 2. The largest absolute Gasteiger partial charge is 0.496 e. The van der Waals surface area contributed by atoms with Gasteiger partial charge in [-0.05, 0) is 44.7 Å². The third-order valence-electron chi connectivity index (χ3n) is 5.32. The summed E-state index contributed by atoms with van der Waals surface area (Å²) in [5.74, 6) is 1.41. The minimum atomic E-state index is 0.0351. The number of hydrogen-bond acceptors (Lipinski definition) is 4. The molecule has 2 saturated heterocycles. The van der Waals surface area contributed by atoms with Crippen molar-refractivity contribution in [1.29, 1.82) is 0 Å². The van der Waals surface area contributed by atoms with Crippen molar-refractivity contribution in [3.63, 3.8) is 0 Å². The Morgan fingerprint density at radius 3 is 2.13 bits per heavy atom. The molecule has 0 spiro atoms. The van der Waals surface area contributed by atoms with Crippen LogP contribution >= 0.6 is 0 Å². The summed E-state index contributed by atoms with van der Waals surface area (Å²) in [5, 5.41) is 3.62. The fraction of sp³-hybridized carbons (Fsp3) is 0.611. The molecular weight excluding hydrogens is 292 g/mol. The number of piperidine rings is 1. The van der Waals surface area contributed by atoms with Gasteiger partial charge in [0.2, 0.25) is 0 Å². The number of ether oxygens (including phenoxy) is 2. The Morgan fingerprint density at radius 2 is 1.65 bits per heavy atom. The van der Waals surface area contributed by atoms with Crippen molar-refractivity contribution in [3.8, 4) is 11.5 Å². The zero-order valence-corrected chi connectivity index (χ0v) is 14.4. The van der Waals surface area contributed by atoms with Gasteiger partial charge in [-0.15, -0.1) is 0 Å². The van der Waals surface area contributed by atoms with Gasteiger partial charge in [0.15, 0.2) is 0 Å². The minimum absolute atomic E-state index is 0.0351. The molecule has 2 atom stereocenters. The number of carbonyl (C=O) groups is 1. The first-order chi connectivity index (χ1) is 11.0. The Hall–Kier alpha value is -1.75. The number of nitrogens with zero attached hydrogens (tertiary/aromatic N) is 1. The maximum absolute atomic E-state index is 12.9. The Labute approximate surface area is 137 Å². The fourth-order valence-corrected chi connectivity index (χ4v) is 3.92. The number of hydrogen-bond donors (Lipinski definition) is 1. The van der Waals surface area contributed by atoms with Crippen molar-refractivity contribution in [3.05, 3.63) is 23.3 Å². The molecular formula is C18H26N2O3. The van der Waals surface area contributed by atoms with E-state index in [2.05, 4.69) is 5.32 Å². The summed E-state index contributed by atoms with van der Waals surface area (Å²) in [6, 6.07) is 5.06. The Morgan fingerprint density at radius 1 is 1.13 bits per heavy atom. The number of benzene rings is 1. The van der Waals surface area contributed by atoms with Crippen molar-refractivity contribution < 1.29 is 14.3 Å². The van der Waals surface area contributed by atoms with Crippen LogP contribution in [0.5, 0.6) is 11.5 Å². The average Bonchev–Trinajstić information content (AvgIpc) is 2.91. The summed E-state index contributed by atoms with van der Waals surface area (Å²) in [5.41, 5.74) is 1.53. The first-order valence-corrected chi connectivity index (χ1v) is 8.29. The van der Waals surface area contributed by atoms with E-state index in [1.807, 2.05) is 31.0 Å². The van der Waals surface area contributed by atoms with Gasteiger partial charge in [0.25, 0.3) is 5.91 Å². The van der Waals surface area contributed by atoms with Crippen molar-refractivity contribution in [2.45, 2.75) is 50.7 Å². The van der Waals surface area contributed by atoms with E-state index >= 15 is 0 Å². The molecule has 2 aliphatic heterocycles. The molecule has 5 heteroatoms. The van der Waals surface area contributed by atoms with Crippen molar-refractivity contribution in [2.24, 2.45) is 0 Å². The van der Waals surface area contributed by atoms with E-state index in [-0.39, 0.29) is 5.91 Å². The Kier molecular flexibility index (Phi) is 4.48. The molecule has 1 aromatic rings. The van der Waals surface area contributed by atoms with E-state index < -0.39 is 0 Å². The van der Waals surface area contributed by atoms with Crippen molar-refractivity contribution in [2.75, 3.05) is 21.3 Å². The zero-order valence-electron chi connectivity index (χ0n) is 14.4. The predicted octanol–water partition coefficient (Wildman–Crippen LogP) is 2.37. The zero-order chi connectivity index (χ0) is 16.6. The summed E-state index contributed by atoms with van der Waals surface area (Å²) in [4.78, 5) is 14.8. The third kappa shape index (κ3) is 3.02. The maximum Gasteiger partial charge on any atom is 0.254 e. The highest BCUT2D eigenvalue weighted by Crippen LogP contribution is 2.32. The predicted molar refractivity (Wildman–Crippen MR) is 89.3 cm³/mol. The van der Waals surface area contributed by atoms with Gasteiger partial charge >= 0.3 is 0 Å². The normalized spacial score (nSPS) is 26.0. The van der Waals surface area contributed by atoms with Gasteiger partial charge in [-0.1, -0.05) is 0 Å². The molecule has 1 amide bonds. The minimum Gasteiger partial charge on any atom is -0.496 e. The maximum atomic E-state index is 12.9. The summed E-state index contributed by atoms with van der Waals surface area (Å²) >= 11 is 0. The van der Waals surface area contributed by atoms with Gasteiger partial charge in [-0.25, -0.2) is 0 Å². The fourth-order valence-electron chi connectivity index (χ4n) is 3.92. The molecule has 1 N–H and O–H groups in total. The molecule has 1 aromatic carbocycles. The molecule has 3 rings (SSSR count). The molecule has 0 aliphatic carbocycles. The monoisotopic (exact) mass is 318 g/mol. The van der Waals surface area contributed by atoms with Crippen LogP contribution in [0, 0.1) is 6.92 Å². The van der Waals surface area contributed by atoms with Gasteiger partial charge in [0.05, 0.1) is 14.2 Å². The lowest BCUT2D eigenvalue weighted by molar-refractivity contribution is 0.0681. The molecule has 2 aliphatic rings. The molecule has 5 nitrogen and oxygen atoms in total. The van der Waals surface area contributed by atoms with Crippen LogP contribution in [0.15, 0.2) is 12.1 Å². The standard InChI is InChI=1S/C18H26N2O3/c1-11-16(22-3)7-12(8-17(11)23-4)18(21)20(2)15-9-13-5-6-14(10-15)19-13/h7-8,13-15,19H,5-6,9-10H2,1-4H3. The summed E-state index contributed by atoms with van der Waals surface area (Å²) in [6.45, 7) is 1.93. The average molecular weight is 318 g/mol. The summed E-state index contributed by atoms with van der Waals surface area (Å²) < 4.78 is 10.8. The van der Waals surface area contributed by atoms with Crippen LogP contribution in [-0.2, 0) is 0 Å². The van der Waals surface area contributed by atoms with Crippen LogP contribution in [0.3, 0.4) is 0 Å². The number of amides is 1. The molecule has 2 heterocycles. The Balaban J connectivity index is 1.82. The highest BCUT2D eigenvalue weighted by Gasteiger charge is 2.36. The van der Waals surface area contributed by atoms with E-state index in [4.69, 9.17) is 9.47 Å². The van der Waals surface area contributed by atoms with Crippen LogP contribution in [0.2, 0.25) is 0 Å². The second-order valence-electron chi connectivity index (χ2n) is 6.68. The van der Waals surface area contributed by atoms with E-state index in [9.17, 15) is 4.79 Å². The molecule has 23 heavy (non-hydrogen) atoms. The number of rotatable bonds is 4. The van der Waals surface area contributed by atoms with Gasteiger partial charge in [0.1, 0.15) is 11.5 Å². The highest BCUT2D eigenvalue weighted by atomic mass is 16.5. The molecule has 2 bridgehead atoms. The van der Waals surface area contributed by atoms with Crippen LogP contribution in [-0.4, -0.2) is 50.2 Å². The topological polar surface area (TPSA) is 50.8 Å². The van der Waals surface area contributed by atoms with E-state index in [1.165, 1.54) is 12.8 Å². The van der Waals surface area contributed by atoms with E-state index in [0.717, 1.165) is 18.4 Å². The third-order valence-corrected chi connectivity index (χ3v) is 5.32. The second kappa shape index (κ2) is 6.40. The lowest BCUT2D eigenvalue weighted by Crippen LogP contribution is -2.48. The van der Waals surface area contributed by atoms with Crippen molar-refractivity contribution >= 4 is 5.91 Å². The van der Waals surface area contributed by atoms with E-state index in [1.54, 1.807) is 14.2 Å².